The summed E-state index contributed by atoms with van der Waals surface area (Å²) in [6.07, 6.45) is 1.90. The van der Waals surface area contributed by atoms with Gasteiger partial charge in [0.2, 0.25) is 0 Å². The van der Waals surface area contributed by atoms with Crippen LogP contribution in [0.4, 0.5) is 4.39 Å². The van der Waals surface area contributed by atoms with Crippen molar-refractivity contribution in [3.05, 3.63) is 29.6 Å². The summed E-state index contributed by atoms with van der Waals surface area (Å²) in [6, 6.07) is 4.46. The average Bonchev–Trinajstić information content (AvgIpc) is 2.28. The average molecular weight is 245 g/mol. The maximum Gasteiger partial charge on any atom is 0.123 e. The van der Waals surface area contributed by atoms with Gasteiger partial charge in [-0.15, -0.1) is 11.6 Å². The third-order valence-electron chi connectivity index (χ3n) is 2.84. The van der Waals surface area contributed by atoms with Crippen molar-refractivity contribution in [3.63, 3.8) is 0 Å². The molecule has 0 amide bonds. The Morgan fingerprint density at radius 3 is 2.69 bits per heavy atom. The first-order chi connectivity index (χ1) is 7.58. The Morgan fingerprint density at radius 2 is 2.12 bits per heavy atom. The van der Waals surface area contributed by atoms with Crippen molar-refractivity contribution in [2.75, 3.05) is 7.11 Å². The molecule has 0 radical (unpaired) electrons. The molecular weight excluding hydrogens is 227 g/mol. The normalized spacial score (nSPS) is 14.6. The number of ether oxygens (including phenoxy) is 1. The molecule has 0 saturated heterocycles. The fraction of sp³-hybridized carbons (Fsp3) is 0.538. The van der Waals surface area contributed by atoms with Crippen LogP contribution in [0.15, 0.2) is 18.2 Å². The number of methoxy groups -OCH3 is 1. The minimum Gasteiger partial charge on any atom is -0.496 e. The molecule has 0 heterocycles. The van der Waals surface area contributed by atoms with Crippen molar-refractivity contribution in [1.29, 1.82) is 0 Å². The van der Waals surface area contributed by atoms with Crippen LogP contribution in [0.5, 0.6) is 5.75 Å². The van der Waals surface area contributed by atoms with E-state index in [0.29, 0.717) is 11.7 Å². The number of benzene rings is 1. The highest BCUT2D eigenvalue weighted by Gasteiger charge is 2.16. The van der Waals surface area contributed by atoms with Crippen LogP contribution in [-0.4, -0.2) is 7.11 Å². The zero-order chi connectivity index (χ0) is 12.1. The van der Waals surface area contributed by atoms with Crippen molar-refractivity contribution in [2.24, 2.45) is 5.92 Å². The van der Waals surface area contributed by atoms with Gasteiger partial charge in [-0.1, -0.05) is 20.3 Å². The first-order valence-corrected chi connectivity index (χ1v) is 5.99. The van der Waals surface area contributed by atoms with Gasteiger partial charge in [-0.25, -0.2) is 4.39 Å². The molecule has 0 aromatic heterocycles. The van der Waals surface area contributed by atoms with E-state index in [1.54, 1.807) is 13.2 Å². The molecular formula is C13H18ClFO. The third-order valence-corrected chi connectivity index (χ3v) is 3.25. The van der Waals surface area contributed by atoms with Gasteiger partial charge in [-0.2, -0.15) is 0 Å². The van der Waals surface area contributed by atoms with Crippen LogP contribution < -0.4 is 4.74 Å². The molecule has 0 bridgehead atoms. The van der Waals surface area contributed by atoms with Crippen molar-refractivity contribution in [3.8, 4) is 5.75 Å². The Labute approximate surface area is 102 Å². The first-order valence-electron chi connectivity index (χ1n) is 5.56. The molecule has 0 saturated carbocycles. The summed E-state index contributed by atoms with van der Waals surface area (Å²) >= 11 is 6.29. The molecule has 16 heavy (non-hydrogen) atoms. The van der Waals surface area contributed by atoms with Crippen LogP contribution in [0.3, 0.4) is 0 Å². The number of hydrogen-bond acceptors (Lipinski definition) is 1. The standard InChI is InChI=1S/C13H18ClFO/c1-4-9(2)7-12(14)11-8-10(15)5-6-13(11)16-3/h5-6,8-9,12H,4,7H2,1-3H3. The minimum atomic E-state index is -0.273. The summed E-state index contributed by atoms with van der Waals surface area (Å²) in [5.41, 5.74) is 0.740. The molecule has 1 aromatic carbocycles. The van der Waals surface area contributed by atoms with Gasteiger partial charge < -0.3 is 4.74 Å². The van der Waals surface area contributed by atoms with E-state index in [1.165, 1.54) is 12.1 Å². The van der Waals surface area contributed by atoms with Crippen LogP contribution in [-0.2, 0) is 0 Å². The Kier molecular flexibility index (Phi) is 5.07. The van der Waals surface area contributed by atoms with Gasteiger partial charge in [0.05, 0.1) is 12.5 Å². The highest BCUT2D eigenvalue weighted by Crippen LogP contribution is 2.35. The molecule has 3 heteroatoms. The lowest BCUT2D eigenvalue weighted by Crippen LogP contribution is -2.01. The van der Waals surface area contributed by atoms with Crippen LogP contribution in [0, 0.1) is 11.7 Å². The summed E-state index contributed by atoms with van der Waals surface area (Å²) in [7, 11) is 1.57. The van der Waals surface area contributed by atoms with E-state index in [2.05, 4.69) is 13.8 Å². The lowest BCUT2D eigenvalue weighted by atomic mass is 9.98. The number of rotatable bonds is 5. The number of hydrogen-bond donors (Lipinski definition) is 0. The van der Waals surface area contributed by atoms with E-state index in [1.807, 2.05) is 0 Å². The van der Waals surface area contributed by atoms with Crippen molar-refractivity contribution >= 4 is 11.6 Å². The summed E-state index contributed by atoms with van der Waals surface area (Å²) in [5.74, 6) is 0.908. The number of halogens is 2. The van der Waals surface area contributed by atoms with Gasteiger partial charge in [0.25, 0.3) is 0 Å². The summed E-state index contributed by atoms with van der Waals surface area (Å²) in [6.45, 7) is 4.26. The minimum absolute atomic E-state index is 0.194. The molecule has 0 fully saturated rings. The summed E-state index contributed by atoms with van der Waals surface area (Å²) in [5, 5.41) is -0.194. The highest BCUT2D eigenvalue weighted by atomic mass is 35.5. The fourth-order valence-corrected chi connectivity index (χ4v) is 2.07. The first kappa shape index (κ1) is 13.3. The zero-order valence-electron chi connectivity index (χ0n) is 9.97. The lowest BCUT2D eigenvalue weighted by molar-refractivity contribution is 0.403. The van der Waals surface area contributed by atoms with Gasteiger partial charge in [0.1, 0.15) is 11.6 Å². The van der Waals surface area contributed by atoms with Gasteiger partial charge in [0, 0.05) is 5.56 Å². The molecule has 0 aliphatic rings. The molecule has 0 N–H and O–H groups in total. The smallest absolute Gasteiger partial charge is 0.123 e. The predicted octanol–water partition coefficient (Wildman–Crippen LogP) is 4.55. The van der Waals surface area contributed by atoms with Crippen LogP contribution in [0.25, 0.3) is 0 Å². The van der Waals surface area contributed by atoms with E-state index >= 15 is 0 Å². The van der Waals surface area contributed by atoms with Crippen molar-refractivity contribution in [2.45, 2.75) is 32.1 Å². The Morgan fingerprint density at radius 1 is 1.44 bits per heavy atom. The lowest BCUT2D eigenvalue weighted by Gasteiger charge is -2.17. The van der Waals surface area contributed by atoms with Gasteiger partial charge in [-0.05, 0) is 30.5 Å². The SMILES string of the molecule is CCC(C)CC(Cl)c1cc(F)ccc1OC. The van der Waals surface area contributed by atoms with Gasteiger partial charge in [0.15, 0.2) is 0 Å². The predicted molar refractivity (Wildman–Crippen MR) is 65.6 cm³/mol. The monoisotopic (exact) mass is 244 g/mol. The zero-order valence-corrected chi connectivity index (χ0v) is 10.7. The molecule has 0 aliphatic carbocycles. The van der Waals surface area contributed by atoms with Crippen LogP contribution >= 0.6 is 11.6 Å². The van der Waals surface area contributed by atoms with Gasteiger partial charge >= 0.3 is 0 Å². The fourth-order valence-electron chi connectivity index (χ4n) is 1.60. The van der Waals surface area contributed by atoms with E-state index in [4.69, 9.17) is 16.3 Å². The molecule has 1 nitrogen and oxygen atoms in total. The van der Waals surface area contributed by atoms with E-state index in [0.717, 1.165) is 18.4 Å². The number of alkyl halides is 1. The molecule has 0 aliphatic heterocycles. The van der Waals surface area contributed by atoms with Crippen molar-refractivity contribution < 1.29 is 9.13 Å². The van der Waals surface area contributed by atoms with Crippen LogP contribution in [0.1, 0.15) is 37.6 Å². The highest BCUT2D eigenvalue weighted by molar-refractivity contribution is 6.21. The second-order valence-corrected chi connectivity index (χ2v) is 4.63. The maximum absolute atomic E-state index is 13.1. The summed E-state index contributed by atoms with van der Waals surface area (Å²) < 4.78 is 18.3. The molecule has 1 rings (SSSR count). The maximum atomic E-state index is 13.1. The third kappa shape index (κ3) is 3.38. The van der Waals surface area contributed by atoms with Gasteiger partial charge in [-0.3, -0.25) is 0 Å². The molecule has 0 spiro atoms. The van der Waals surface area contributed by atoms with Crippen LogP contribution in [0.2, 0.25) is 0 Å². The molecule has 90 valence electrons. The molecule has 2 atom stereocenters. The molecule has 1 aromatic rings. The topological polar surface area (TPSA) is 9.23 Å². The summed E-state index contributed by atoms with van der Waals surface area (Å²) in [4.78, 5) is 0. The van der Waals surface area contributed by atoms with E-state index < -0.39 is 0 Å². The largest absolute Gasteiger partial charge is 0.496 e. The Hall–Kier alpha value is -0.760. The molecule has 2 unspecified atom stereocenters. The van der Waals surface area contributed by atoms with Crippen molar-refractivity contribution in [1.82, 2.24) is 0 Å². The van der Waals surface area contributed by atoms with E-state index in [9.17, 15) is 4.39 Å². The van der Waals surface area contributed by atoms with E-state index in [-0.39, 0.29) is 11.2 Å². The Bertz CT molecular complexity index is 341. The second kappa shape index (κ2) is 6.09. The Balaban J connectivity index is 2.88. The quantitative estimate of drug-likeness (QED) is 0.691. The second-order valence-electron chi connectivity index (χ2n) is 4.10.